The van der Waals surface area contributed by atoms with Gasteiger partial charge in [0.2, 0.25) is 0 Å². The highest BCUT2D eigenvalue weighted by molar-refractivity contribution is 5.86. The van der Waals surface area contributed by atoms with Crippen LogP contribution in [0.5, 0.6) is 0 Å². The van der Waals surface area contributed by atoms with Crippen molar-refractivity contribution in [2.24, 2.45) is 0 Å². The van der Waals surface area contributed by atoms with Gasteiger partial charge in [0.05, 0.1) is 6.07 Å². The number of nitrogens with zero attached hydrogens (tertiary/aromatic N) is 1. The van der Waals surface area contributed by atoms with Crippen molar-refractivity contribution in [3.8, 4) is 6.07 Å². The topological polar surface area (TPSA) is 40.9 Å². The van der Waals surface area contributed by atoms with Crippen LogP contribution in [0.1, 0.15) is 24.0 Å². The van der Waals surface area contributed by atoms with Gasteiger partial charge in [-0.15, -0.1) is 0 Å². The SMILES string of the molecule is CC(=O)[C@@H](C#N)c1cccc(C)c1. The van der Waals surface area contributed by atoms with E-state index in [4.69, 9.17) is 5.26 Å². The highest BCUT2D eigenvalue weighted by Gasteiger charge is 2.14. The van der Waals surface area contributed by atoms with Gasteiger partial charge >= 0.3 is 0 Å². The number of Topliss-reactive ketones (excluding diaryl/α,β-unsaturated/α-hetero) is 1. The van der Waals surface area contributed by atoms with Crippen molar-refractivity contribution in [3.05, 3.63) is 35.4 Å². The Morgan fingerprint density at radius 3 is 2.69 bits per heavy atom. The Morgan fingerprint density at radius 1 is 1.54 bits per heavy atom. The standard InChI is InChI=1S/C11H11NO/c1-8-4-3-5-10(6-8)11(7-12)9(2)13/h3-6,11H,1-2H3/t11-/m1/s1. The van der Waals surface area contributed by atoms with Crippen molar-refractivity contribution in [2.45, 2.75) is 19.8 Å². The molecule has 0 spiro atoms. The molecule has 1 rings (SSSR count). The highest BCUT2D eigenvalue weighted by atomic mass is 16.1. The van der Waals surface area contributed by atoms with Gasteiger partial charge in [-0.2, -0.15) is 5.26 Å². The van der Waals surface area contributed by atoms with Gasteiger partial charge < -0.3 is 0 Å². The summed E-state index contributed by atoms with van der Waals surface area (Å²) >= 11 is 0. The Balaban J connectivity index is 3.07. The molecule has 0 fully saturated rings. The lowest BCUT2D eigenvalue weighted by Crippen LogP contribution is -2.06. The molecule has 0 heterocycles. The van der Waals surface area contributed by atoms with Crippen LogP contribution in [-0.4, -0.2) is 5.78 Å². The molecule has 0 amide bonds. The molecule has 0 saturated heterocycles. The average molecular weight is 173 g/mol. The molecule has 0 unspecified atom stereocenters. The van der Waals surface area contributed by atoms with E-state index in [1.54, 1.807) is 0 Å². The third-order valence-electron chi connectivity index (χ3n) is 1.91. The van der Waals surface area contributed by atoms with E-state index in [1.165, 1.54) is 6.92 Å². The molecule has 0 aliphatic heterocycles. The molecule has 0 saturated carbocycles. The van der Waals surface area contributed by atoms with Crippen LogP contribution >= 0.6 is 0 Å². The predicted molar refractivity (Wildman–Crippen MR) is 50.2 cm³/mol. The second kappa shape index (κ2) is 3.86. The fourth-order valence-electron chi connectivity index (χ4n) is 1.25. The number of hydrogen-bond donors (Lipinski definition) is 0. The maximum Gasteiger partial charge on any atom is 0.151 e. The number of rotatable bonds is 2. The number of benzene rings is 1. The summed E-state index contributed by atoms with van der Waals surface area (Å²) in [5, 5.41) is 8.77. The summed E-state index contributed by atoms with van der Waals surface area (Å²) in [6.07, 6.45) is 0. The van der Waals surface area contributed by atoms with Crippen molar-refractivity contribution in [3.63, 3.8) is 0 Å². The van der Waals surface area contributed by atoms with Gasteiger partial charge in [-0.1, -0.05) is 29.8 Å². The highest BCUT2D eigenvalue weighted by Crippen LogP contribution is 2.16. The summed E-state index contributed by atoms with van der Waals surface area (Å²) in [5.41, 5.74) is 1.86. The van der Waals surface area contributed by atoms with E-state index in [0.717, 1.165) is 11.1 Å². The van der Waals surface area contributed by atoms with E-state index in [2.05, 4.69) is 0 Å². The second-order valence-electron chi connectivity index (χ2n) is 3.09. The van der Waals surface area contributed by atoms with Crippen LogP contribution in [-0.2, 0) is 4.79 Å². The molecule has 0 aliphatic carbocycles. The van der Waals surface area contributed by atoms with E-state index < -0.39 is 5.92 Å². The van der Waals surface area contributed by atoms with Gasteiger partial charge in [0.15, 0.2) is 5.78 Å². The smallest absolute Gasteiger partial charge is 0.151 e. The summed E-state index contributed by atoms with van der Waals surface area (Å²) < 4.78 is 0. The number of carbonyl (C=O) groups is 1. The van der Waals surface area contributed by atoms with Crippen LogP contribution in [0.2, 0.25) is 0 Å². The van der Waals surface area contributed by atoms with E-state index >= 15 is 0 Å². The van der Waals surface area contributed by atoms with E-state index in [9.17, 15) is 4.79 Å². The number of nitriles is 1. The molecule has 0 bridgehead atoms. The van der Waals surface area contributed by atoms with Gasteiger partial charge in [0.25, 0.3) is 0 Å². The van der Waals surface area contributed by atoms with Crippen LogP contribution in [0, 0.1) is 18.3 Å². The first-order valence-corrected chi connectivity index (χ1v) is 4.12. The first-order chi connectivity index (χ1) is 6.15. The number of hydrogen-bond acceptors (Lipinski definition) is 2. The monoisotopic (exact) mass is 173 g/mol. The van der Waals surface area contributed by atoms with Crippen molar-refractivity contribution < 1.29 is 4.79 Å². The molecule has 1 atom stereocenters. The van der Waals surface area contributed by atoms with Crippen LogP contribution in [0.4, 0.5) is 0 Å². The number of aryl methyl sites for hydroxylation is 1. The first-order valence-electron chi connectivity index (χ1n) is 4.12. The maximum atomic E-state index is 11.1. The van der Waals surface area contributed by atoms with Crippen molar-refractivity contribution in [1.82, 2.24) is 0 Å². The second-order valence-corrected chi connectivity index (χ2v) is 3.09. The van der Waals surface area contributed by atoms with Crippen LogP contribution in [0.15, 0.2) is 24.3 Å². The summed E-state index contributed by atoms with van der Waals surface area (Å²) in [6, 6.07) is 9.48. The third-order valence-corrected chi connectivity index (χ3v) is 1.91. The fourth-order valence-corrected chi connectivity index (χ4v) is 1.25. The van der Waals surface area contributed by atoms with Gasteiger partial charge in [0.1, 0.15) is 5.92 Å². The zero-order chi connectivity index (χ0) is 9.84. The third kappa shape index (κ3) is 2.16. The molecule has 0 N–H and O–H groups in total. The van der Waals surface area contributed by atoms with Crippen molar-refractivity contribution in [2.75, 3.05) is 0 Å². The number of ketones is 1. The minimum absolute atomic E-state index is 0.104. The zero-order valence-electron chi connectivity index (χ0n) is 7.74. The van der Waals surface area contributed by atoms with Crippen LogP contribution in [0.3, 0.4) is 0 Å². The minimum atomic E-state index is -0.611. The quantitative estimate of drug-likeness (QED) is 0.687. The molecule has 0 aliphatic rings. The zero-order valence-corrected chi connectivity index (χ0v) is 7.74. The van der Waals surface area contributed by atoms with Gasteiger partial charge in [-0.05, 0) is 19.4 Å². The molecule has 2 nitrogen and oxygen atoms in total. The van der Waals surface area contributed by atoms with Gasteiger partial charge in [0, 0.05) is 0 Å². The van der Waals surface area contributed by atoms with E-state index in [1.807, 2.05) is 37.3 Å². The first kappa shape index (κ1) is 9.47. The average Bonchev–Trinajstić information content (AvgIpc) is 2.04. The Kier molecular flexibility index (Phi) is 2.81. The van der Waals surface area contributed by atoms with Crippen molar-refractivity contribution in [1.29, 1.82) is 5.26 Å². The Labute approximate surface area is 77.8 Å². The molecular formula is C11H11NO. The lowest BCUT2D eigenvalue weighted by molar-refractivity contribution is -0.117. The predicted octanol–water partition coefficient (Wildman–Crippen LogP) is 2.19. The Bertz CT molecular complexity index is 363. The summed E-state index contributed by atoms with van der Waals surface area (Å²) in [6.45, 7) is 3.38. The summed E-state index contributed by atoms with van der Waals surface area (Å²) in [7, 11) is 0. The molecule has 66 valence electrons. The molecule has 0 aromatic heterocycles. The molecule has 1 aromatic rings. The van der Waals surface area contributed by atoms with Crippen molar-refractivity contribution >= 4 is 5.78 Å². The van der Waals surface area contributed by atoms with Crippen LogP contribution < -0.4 is 0 Å². The molecule has 1 aromatic carbocycles. The largest absolute Gasteiger partial charge is 0.298 e. The lowest BCUT2D eigenvalue weighted by atomic mass is 9.96. The molecule has 2 heteroatoms. The summed E-state index contributed by atoms with van der Waals surface area (Å²) in [5.74, 6) is -0.715. The van der Waals surface area contributed by atoms with Gasteiger partial charge in [-0.25, -0.2) is 0 Å². The fraction of sp³-hybridized carbons (Fsp3) is 0.273. The molecule has 0 radical (unpaired) electrons. The van der Waals surface area contributed by atoms with Gasteiger partial charge in [-0.3, -0.25) is 4.79 Å². The normalized spacial score (nSPS) is 11.8. The Morgan fingerprint density at radius 2 is 2.23 bits per heavy atom. The number of carbonyl (C=O) groups excluding carboxylic acids is 1. The summed E-state index contributed by atoms with van der Waals surface area (Å²) in [4.78, 5) is 11.1. The minimum Gasteiger partial charge on any atom is -0.298 e. The van der Waals surface area contributed by atoms with Crippen LogP contribution in [0.25, 0.3) is 0 Å². The Hall–Kier alpha value is -1.62. The molecule has 13 heavy (non-hydrogen) atoms. The lowest BCUT2D eigenvalue weighted by Gasteiger charge is -2.05. The van der Waals surface area contributed by atoms with E-state index in [-0.39, 0.29) is 5.78 Å². The van der Waals surface area contributed by atoms with E-state index in [0.29, 0.717) is 0 Å². The molecular weight excluding hydrogens is 162 g/mol. The maximum absolute atomic E-state index is 11.1.